The average molecular weight is 262 g/mol. The van der Waals surface area contributed by atoms with Crippen molar-refractivity contribution in [2.24, 2.45) is 0 Å². The van der Waals surface area contributed by atoms with Gasteiger partial charge in [-0.1, -0.05) is 0 Å². The quantitative estimate of drug-likeness (QED) is 0.884. The van der Waals surface area contributed by atoms with E-state index in [4.69, 9.17) is 4.74 Å². The van der Waals surface area contributed by atoms with Crippen molar-refractivity contribution in [3.63, 3.8) is 0 Å². The number of hydrogen-bond acceptors (Lipinski definition) is 3. The van der Waals surface area contributed by atoms with Crippen LogP contribution < -0.4 is 10.1 Å². The Bertz CT molecular complexity index is 270. The SMILES string of the molecule is Brc1csc(OC2CCCNC2)c1. The van der Waals surface area contributed by atoms with E-state index in [2.05, 4.69) is 21.2 Å². The van der Waals surface area contributed by atoms with Crippen molar-refractivity contribution < 1.29 is 4.74 Å². The van der Waals surface area contributed by atoms with Crippen LogP contribution in [0.3, 0.4) is 0 Å². The molecule has 1 unspecified atom stereocenters. The molecule has 0 amide bonds. The van der Waals surface area contributed by atoms with Crippen LogP contribution in [-0.4, -0.2) is 19.2 Å². The van der Waals surface area contributed by atoms with Crippen molar-refractivity contribution in [1.82, 2.24) is 5.32 Å². The molecule has 1 aromatic heterocycles. The van der Waals surface area contributed by atoms with Gasteiger partial charge in [0.15, 0.2) is 5.06 Å². The molecule has 0 aromatic carbocycles. The normalized spacial score (nSPS) is 23.0. The molecule has 1 N–H and O–H groups in total. The molecular formula is C9H12BrNOS. The number of halogens is 1. The predicted octanol–water partition coefficient (Wildman–Crippen LogP) is 2.64. The third-order valence-corrected chi connectivity index (χ3v) is 3.66. The first-order chi connectivity index (χ1) is 6.34. The summed E-state index contributed by atoms with van der Waals surface area (Å²) in [4.78, 5) is 0. The van der Waals surface area contributed by atoms with Crippen LogP contribution in [0.1, 0.15) is 12.8 Å². The van der Waals surface area contributed by atoms with Gasteiger partial charge in [0, 0.05) is 22.5 Å². The minimum atomic E-state index is 0.360. The van der Waals surface area contributed by atoms with Crippen molar-refractivity contribution in [2.75, 3.05) is 13.1 Å². The first-order valence-corrected chi connectivity index (χ1v) is 6.13. The van der Waals surface area contributed by atoms with E-state index in [1.165, 1.54) is 12.8 Å². The van der Waals surface area contributed by atoms with Gasteiger partial charge in [0.2, 0.25) is 0 Å². The molecule has 0 radical (unpaired) electrons. The average Bonchev–Trinajstić information content (AvgIpc) is 2.53. The molecule has 2 rings (SSSR count). The summed E-state index contributed by atoms with van der Waals surface area (Å²) in [6.07, 6.45) is 2.75. The molecule has 0 spiro atoms. The van der Waals surface area contributed by atoms with Crippen LogP contribution >= 0.6 is 27.3 Å². The lowest BCUT2D eigenvalue weighted by atomic mass is 10.1. The van der Waals surface area contributed by atoms with E-state index >= 15 is 0 Å². The second kappa shape index (κ2) is 4.44. The number of hydrogen-bond donors (Lipinski definition) is 1. The topological polar surface area (TPSA) is 21.3 Å². The molecule has 0 saturated carbocycles. The molecule has 1 saturated heterocycles. The van der Waals surface area contributed by atoms with Crippen LogP contribution in [0.25, 0.3) is 0 Å². The molecular weight excluding hydrogens is 250 g/mol. The number of thiophene rings is 1. The number of nitrogens with one attached hydrogen (secondary N) is 1. The zero-order valence-corrected chi connectivity index (χ0v) is 9.66. The second-order valence-electron chi connectivity index (χ2n) is 3.17. The van der Waals surface area contributed by atoms with Crippen LogP contribution in [0.5, 0.6) is 5.06 Å². The Balaban J connectivity index is 1.89. The predicted molar refractivity (Wildman–Crippen MR) is 58.5 cm³/mol. The zero-order chi connectivity index (χ0) is 9.10. The summed E-state index contributed by atoms with van der Waals surface area (Å²) in [7, 11) is 0. The van der Waals surface area contributed by atoms with Crippen LogP contribution in [0, 0.1) is 0 Å². The lowest BCUT2D eigenvalue weighted by molar-refractivity contribution is 0.172. The lowest BCUT2D eigenvalue weighted by Crippen LogP contribution is -2.36. The fraction of sp³-hybridized carbons (Fsp3) is 0.556. The van der Waals surface area contributed by atoms with E-state index < -0.39 is 0 Å². The maximum atomic E-state index is 5.80. The Kier molecular flexibility index (Phi) is 3.24. The highest BCUT2D eigenvalue weighted by Gasteiger charge is 2.14. The van der Waals surface area contributed by atoms with Gasteiger partial charge in [-0.05, 0) is 35.3 Å². The summed E-state index contributed by atoms with van der Waals surface area (Å²) in [5.74, 6) is 0. The summed E-state index contributed by atoms with van der Waals surface area (Å²) in [5, 5.41) is 6.39. The van der Waals surface area contributed by atoms with E-state index in [0.29, 0.717) is 6.10 Å². The summed E-state index contributed by atoms with van der Waals surface area (Å²) >= 11 is 5.06. The number of ether oxygens (including phenoxy) is 1. The maximum absolute atomic E-state index is 5.80. The van der Waals surface area contributed by atoms with E-state index in [1.54, 1.807) is 11.3 Å². The van der Waals surface area contributed by atoms with Gasteiger partial charge in [0.25, 0.3) is 0 Å². The Labute approximate surface area is 90.4 Å². The molecule has 1 fully saturated rings. The Morgan fingerprint density at radius 1 is 1.62 bits per heavy atom. The Hall–Kier alpha value is -0.0600. The highest BCUT2D eigenvalue weighted by molar-refractivity contribution is 9.10. The standard InChI is InChI=1S/C9H12BrNOS/c10-7-4-9(13-6-7)12-8-2-1-3-11-5-8/h4,6,8,11H,1-3,5H2. The van der Waals surface area contributed by atoms with Gasteiger partial charge in [0.1, 0.15) is 6.10 Å². The van der Waals surface area contributed by atoms with Gasteiger partial charge in [-0.25, -0.2) is 0 Å². The highest BCUT2D eigenvalue weighted by atomic mass is 79.9. The lowest BCUT2D eigenvalue weighted by Gasteiger charge is -2.22. The molecule has 1 aromatic rings. The largest absolute Gasteiger partial charge is 0.480 e. The first-order valence-electron chi connectivity index (χ1n) is 4.46. The van der Waals surface area contributed by atoms with Crippen molar-refractivity contribution in [1.29, 1.82) is 0 Å². The van der Waals surface area contributed by atoms with Crippen LogP contribution in [0.15, 0.2) is 15.9 Å². The van der Waals surface area contributed by atoms with E-state index in [9.17, 15) is 0 Å². The fourth-order valence-corrected chi connectivity index (χ4v) is 2.76. The molecule has 1 atom stereocenters. The van der Waals surface area contributed by atoms with Gasteiger partial charge < -0.3 is 10.1 Å². The molecule has 1 aliphatic rings. The zero-order valence-electron chi connectivity index (χ0n) is 7.25. The van der Waals surface area contributed by atoms with E-state index in [1.807, 2.05) is 11.4 Å². The van der Waals surface area contributed by atoms with Crippen LogP contribution in [-0.2, 0) is 0 Å². The molecule has 0 aliphatic carbocycles. The molecule has 2 heterocycles. The summed E-state index contributed by atoms with van der Waals surface area (Å²) < 4.78 is 6.91. The fourth-order valence-electron chi connectivity index (χ4n) is 1.44. The molecule has 1 aliphatic heterocycles. The molecule has 13 heavy (non-hydrogen) atoms. The molecule has 2 nitrogen and oxygen atoms in total. The van der Waals surface area contributed by atoms with Gasteiger partial charge in [-0.15, -0.1) is 11.3 Å². The number of rotatable bonds is 2. The minimum absolute atomic E-state index is 0.360. The minimum Gasteiger partial charge on any atom is -0.480 e. The smallest absolute Gasteiger partial charge is 0.175 e. The van der Waals surface area contributed by atoms with Crippen molar-refractivity contribution in [3.05, 3.63) is 15.9 Å². The van der Waals surface area contributed by atoms with E-state index in [0.717, 1.165) is 22.6 Å². The first kappa shape index (κ1) is 9.49. The van der Waals surface area contributed by atoms with Crippen LogP contribution in [0.4, 0.5) is 0 Å². The third-order valence-electron chi connectivity index (χ3n) is 2.08. The third kappa shape index (κ3) is 2.69. The van der Waals surface area contributed by atoms with Gasteiger partial charge in [-0.2, -0.15) is 0 Å². The van der Waals surface area contributed by atoms with Gasteiger partial charge in [0.05, 0.1) is 0 Å². The highest BCUT2D eigenvalue weighted by Crippen LogP contribution is 2.28. The number of piperidine rings is 1. The monoisotopic (exact) mass is 261 g/mol. The molecule has 0 bridgehead atoms. The summed E-state index contributed by atoms with van der Waals surface area (Å²) in [6, 6.07) is 2.03. The van der Waals surface area contributed by atoms with Gasteiger partial charge >= 0.3 is 0 Å². The van der Waals surface area contributed by atoms with E-state index in [-0.39, 0.29) is 0 Å². The summed E-state index contributed by atoms with van der Waals surface area (Å²) in [6.45, 7) is 2.11. The van der Waals surface area contributed by atoms with Crippen molar-refractivity contribution >= 4 is 27.3 Å². The Morgan fingerprint density at radius 2 is 2.54 bits per heavy atom. The summed E-state index contributed by atoms with van der Waals surface area (Å²) in [5.41, 5.74) is 0. The maximum Gasteiger partial charge on any atom is 0.175 e. The molecule has 4 heteroatoms. The second-order valence-corrected chi connectivity index (χ2v) is 4.96. The Morgan fingerprint density at radius 3 is 3.15 bits per heavy atom. The van der Waals surface area contributed by atoms with Crippen molar-refractivity contribution in [3.8, 4) is 5.06 Å². The van der Waals surface area contributed by atoms with Crippen LogP contribution in [0.2, 0.25) is 0 Å². The van der Waals surface area contributed by atoms with Crippen molar-refractivity contribution in [2.45, 2.75) is 18.9 Å². The molecule has 72 valence electrons. The van der Waals surface area contributed by atoms with Gasteiger partial charge in [-0.3, -0.25) is 0 Å².